The molecule has 1 amide bonds. The molecule has 6 nitrogen and oxygen atoms in total. The standard InChI is InChI=1S/C22H18ClN5O/c1-15-5-2-9-19(11-15)28-21(17-7-4-10-24-14-17)20(26-27-28)22(29)25-13-16-6-3-8-18(23)12-16/h2-12,14H,13H2,1H3,(H,25,29). The van der Waals surface area contributed by atoms with Crippen molar-refractivity contribution in [1.29, 1.82) is 0 Å². The van der Waals surface area contributed by atoms with E-state index in [2.05, 4.69) is 20.6 Å². The normalized spacial score (nSPS) is 10.7. The summed E-state index contributed by atoms with van der Waals surface area (Å²) in [6.45, 7) is 2.34. The van der Waals surface area contributed by atoms with E-state index in [-0.39, 0.29) is 11.6 Å². The zero-order valence-electron chi connectivity index (χ0n) is 15.7. The Morgan fingerprint density at radius 3 is 2.72 bits per heavy atom. The summed E-state index contributed by atoms with van der Waals surface area (Å²) >= 11 is 6.02. The van der Waals surface area contributed by atoms with Gasteiger partial charge in [-0.1, -0.05) is 41.1 Å². The monoisotopic (exact) mass is 403 g/mol. The van der Waals surface area contributed by atoms with Gasteiger partial charge in [-0.05, 0) is 54.4 Å². The molecule has 0 saturated heterocycles. The molecule has 0 saturated carbocycles. The first-order valence-corrected chi connectivity index (χ1v) is 9.45. The van der Waals surface area contributed by atoms with E-state index >= 15 is 0 Å². The van der Waals surface area contributed by atoms with Crippen LogP contribution in [-0.2, 0) is 6.54 Å². The van der Waals surface area contributed by atoms with Gasteiger partial charge in [0.25, 0.3) is 5.91 Å². The van der Waals surface area contributed by atoms with E-state index in [0.29, 0.717) is 17.3 Å². The molecule has 0 atom stereocenters. The molecule has 4 aromatic rings. The van der Waals surface area contributed by atoms with Gasteiger partial charge in [-0.3, -0.25) is 9.78 Å². The zero-order chi connectivity index (χ0) is 20.2. The Hall–Kier alpha value is -3.51. The Labute approximate surface area is 173 Å². The van der Waals surface area contributed by atoms with E-state index in [1.54, 1.807) is 23.1 Å². The van der Waals surface area contributed by atoms with Gasteiger partial charge in [0, 0.05) is 29.5 Å². The first-order chi connectivity index (χ1) is 14.1. The number of benzene rings is 2. The van der Waals surface area contributed by atoms with Crippen molar-refractivity contribution in [3.8, 4) is 16.9 Å². The summed E-state index contributed by atoms with van der Waals surface area (Å²) in [6.07, 6.45) is 3.38. The molecule has 0 unspecified atom stereocenters. The molecule has 2 heterocycles. The van der Waals surface area contributed by atoms with Crippen LogP contribution in [0.4, 0.5) is 0 Å². The van der Waals surface area contributed by atoms with E-state index in [4.69, 9.17) is 11.6 Å². The SMILES string of the molecule is Cc1cccc(-n2nnc(C(=O)NCc3cccc(Cl)c3)c2-c2cccnc2)c1. The smallest absolute Gasteiger partial charge is 0.274 e. The molecule has 2 aromatic heterocycles. The van der Waals surface area contributed by atoms with Crippen molar-refractivity contribution < 1.29 is 4.79 Å². The number of pyridine rings is 1. The van der Waals surface area contributed by atoms with Gasteiger partial charge < -0.3 is 5.32 Å². The summed E-state index contributed by atoms with van der Waals surface area (Å²) < 4.78 is 1.66. The lowest BCUT2D eigenvalue weighted by Gasteiger charge is -2.09. The van der Waals surface area contributed by atoms with Crippen LogP contribution >= 0.6 is 11.6 Å². The van der Waals surface area contributed by atoms with Crippen molar-refractivity contribution >= 4 is 17.5 Å². The maximum atomic E-state index is 12.9. The van der Waals surface area contributed by atoms with Gasteiger partial charge in [-0.25, -0.2) is 4.68 Å². The van der Waals surface area contributed by atoms with E-state index in [1.807, 2.05) is 61.5 Å². The first kappa shape index (κ1) is 18.8. The van der Waals surface area contributed by atoms with Crippen molar-refractivity contribution in [2.75, 3.05) is 0 Å². The van der Waals surface area contributed by atoms with Gasteiger partial charge in [0.15, 0.2) is 5.69 Å². The van der Waals surface area contributed by atoms with Gasteiger partial charge >= 0.3 is 0 Å². The molecular weight excluding hydrogens is 386 g/mol. The molecular formula is C22H18ClN5O. The predicted molar refractivity (Wildman–Crippen MR) is 112 cm³/mol. The predicted octanol–water partition coefficient (Wildman–Crippen LogP) is 4.22. The van der Waals surface area contributed by atoms with E-state index in [1.165, 1.54) is 0 Å². The second-order valence-corrected chi connectivity index (χ2v) is 7.03. The fraction of sp³-hybridized carbons (Fsp3) is 0.0909. The number of hydrogen-bond acceptors (Lipinski definition) is 4. The quantitative estimate of drug-likeness (QED) is 0.541. The fourth-order valence-electron chi connectivity index (χ4n) is 3.05. The summed E-state index contributed by atoms with van der Waals surface area (Å²) in [6, 6.07) is 18.9. The van der Waals surface area contributed by atoms with Crippen LogP contribution in [-0.4, -0.2) is 25.9 Å². The molecule has 4 rings (SSSR count). The number of nitrogens with one attached hydrogen (secondary N) is 1. The zero-order valence-corrected chi connectivity index (χ0v) is 16.5. The third kappa shape index (κ3) is 4.17. The molecule has 144 valence electrons. The largest absolute Gasteiger partial charge is 0.346 e. The molecule has 7 heteroatoms. The maximum absolute atomic E-state index is 12.9. The molecule has 29 heavy (non-hydrogen) atoms. The third-order valence-corrected chi connectivity index (χ3v) is 4.64. The van der Waals surface area contributed by atoms with Gasteiger partial charge in [0.1, 0.15) is 5.69 Å². The van der Waals surface area contributed by atoms with Crippen LogP contribution in [0.1, 0.15) is 21.6 Å². The summed E-state index contributed by atoms with van der Waals surface area (Å²) in [5, 5.41) is 11.9. The Morgan fingerprint density at radius 1 is 1.10 bits per heavy atom. The third-order valence-electron chi connectivity index (χ3n) is 4.41. The van der Waals surface area contributed by atoms with Gasteiger partial charge in [0.2, 0.25) is 0 Å². The topological polar surface area (TPSA) is 72.7 Å². The molecule has 0 spiro atoms. The second-order valence-electron chi connectivity index (χ2n) is 6.59. The van der Waals surface area contributed by atoms with Crippen LogP contribution in [0.15, 0.2) is 73.1 Å². The van der Waals surface area contributed by atoms with Crippen LogP contribution < -0.4 is 5.32 Å². The number of nitrogens with zero attached hydrogens (tertiary/aromatic N) is 4. The summed E-state index contributed by atoms with van der Waals surface area (Å²) in [4.78, 5) is 17.1. The molecule has 0 aliphatic rings. The highest BCUT2D eigenvalue weighted by atomic mass is 35.5. The van der Waals surface area contributed by atoms with Crippen molar-refractivity contribution in [2.45, 2.75) is 13.5 Å². The van der Waals surface area contributed by atoms with Gasteiger partial charge in [-0.15, -0.1) is 5.10 Å². The number of carbonyl (C=O) groups excluding carboxylic acids is 1. The minimum Gasteiger partial charge on any atom is -0.346 e. The average Bonchev–Trinajstić information content (AvgIpc) is 3.18. The first-order valence-electron chi connectivity index (χ1n) is 9.07. The minimum atomic E-state index is -0.317. The number of aryl methyl sites for hydroxylation is 1. The lowest BCUT2D eigenvalue weighted by atomic mass is 10.1. The molecule has 0 bridgehead atoms. The number of amides is 1. The van der Waals surface area contributed by atoms with Crippen LogP contribution in [0.3, 0.4) is 0 Å². The molecule has 1 N–H and O–H groups in total. The molecule has 0 aliphatic carbocycles. The van der Waals surface area contributed by atoms with Gasteiger partial charge in [0.05, 0.1) is 5.69 Å². The molecule has 2 aromatic carbocycles. The number of carbonyl (C=O) groups is 1. The van der Waals surface area contributed by atoms with Crippen LogP contribution in [0, 0.1) is 6.92 Å². The second kappa shape index (κ2) is 8.24. The van der Waals surface area contributed by atoms with Crippen molar-refractivity contribution in [3.05, 3.63) is 94.9 Å². The number of hydrogen-bond donors (Lipinski definition) is 1. The summed E-state index contributed by atoms with van der Waals surface area (Å²) in [5.74, 6) is -0.317. The average molecular weight is 404 g/mol. The highest BCUT2D eigenvalue weighted by Gasteiger charge is 2.22. The van der Waals surface area contributed by atoms with Crippen LogP contribution in [0.2, 0.25) is 5.02 Å². The Bertz CT molecular complexity index is 1160. The van der Waals surface area contributed by atoms with E-state index in [9.17, 15) is 4.79 Å². The van der Waals surface area contributed by atoms with Crippen LogP contribution in [0.5, 0.6) is 0 Å². The number of aromatic nitrogens is 4. The highest BCUT2D eigenvalue weighted by Crippen LogP contribution is 2.25. The maximum Gasteiger partial charge on any atom is 0.274 e. The summed E-state index contributed by atoms with van der Waals surface area (Å²) in [7, 11) is 0. The lowest BCUT2D eigenvalue weighted by Crippen LogP contribution is -2.24. The summed E-state index contributed by atoms with van der Waals surface area (Å²) in [5.41, 5.74) is 4.40. The highest BCUT2D eigenvalue weighted by molar-refractivity contribution is 6.30. The number of halogens is 1. The minimum absolute atomic E-state index is 0.238. The van der Waals surface area contributed by atoms with Crippen LogP contribution in [0.25, 0.3) is 16.9 Å². The van der Waals surface area contributed by atoms with Crippen molar-refractivity contribution in [1.82, 2.24) is 25.3 Å². The molecule has 0 radical (unpaired) electrons. The van der Waals surface area contributed by atoms with Gasteiger partial charge in [-0.2, -0.15) is 0 Å². The Morgan fingerprint density at radius 2 is 1.97 bits per heavy atom. The van der Waals surface area contributed by atoms with E-state index < -0.39 is 0 Å². The lowest BCUT2D eigenvalue weighted by molar-refractivity contribution is 0.0946. The van der Waals surface area contributed by atoms with E-state index in [0.717, 1.165) is 22.4 Å². The van der Waals surface area contributed by atoms with Crippen molar-refractivity contribution in [3.63, 3.8) is 0 Å². The fourth-order valence-corrected chi connectivity index (χ4v) is 3.26. The molecule has 0 fully saturated rings. The number of rotatable bonds is 5. The van der Waals surface area contributed by atoms with Crippen molar-refractivity contribution in [2.24, 2.45) is 0 Å². The molecule has 0 aliphatic heterocycles. The Balaban J connectivity index is 1.70. The Kier molecular flexibility index (Phi) is 5.35.